The third-order valence-electron chi connectivity index (χ3n) is 2.55. The summed E-state index contributed by atoms with van der Waals surface area (Å²) in [5.41, 5.74) is 3.76. The maximum absolute atomic E-state index is 4.05. The summed E-state index contributed by atoms with van der Waals surface area (Å²) in [4.78, 5) is 0. The summed E-state index contributed by atoms with van der Waals surface area (Å²) < 4.78 is 0. The Morgan fingerprint density at radius 1 is 0.923 bits per heavy atom. The molecular formula is C13H13. The summed E-state index contributed by atoms with van der Waals surface area (Å²) in [6.45, 7) is 8.33. The van der Waals surface area contributed by atoms with Gasteiger partial charge in [-0.2, -0.15) is 0 Å². The molecule has 0 fully saturated rings. The average molecular weight is 169 g/mol. The van der Waals surface area contributed by atoms with E-state index in [9.17, 15) is 0 Å². The van der Waals surface area contributed by atoms with Crippen molar-refractivity contribution in [2.45, 2.75) is 13.8 Å². The molecule has 0 unspecified atom stereocenters. The molecule has 0 saturated carbocycles. The van der Waals surface area contributed by atoms with E-state index >= 15 is 0 Å². The number of fused-ring (bicyclic) bond motifs is 1. The Morgan fingerprint density at radius 3 is 2.38 bits per heavy atom. The third kappa shape index (κ3) is 1.23. The zero-order valence-corrected chi connectivity index (χ0v) is 8.09. The summed E-state index contributed by atoms with van der Waals surface area (Å²) in [6.07, 6.45) is 0. The second-order valence-corrected chi connectivity index (χ2v) is 3.54. The Hall–Kier alpha value is -1.30. The molecule has 0 atom stereocenters. The van der Waals surface area contributed by atoms with Gasteiger partial charge < -0.3 is 0 Å². The third-order valence-corrected chi connectivity index (χ3v) is 2.55. The van der Waals surface area contributed by atoms with Crippen LogP contribution in [0.15, 0.2) is 30.3 Å². The molecule has 2 rings (SSSR count). The fourth-order valence-electron chi connectivity index (χ4n) is 1.82. The van der Waals surface area contributed by atoms with Crippen LogP contribution in [0.1, 0.15) is 16.7 Å². The number of benzene rings is 2. The molecule has 0 aromatic heterocycles. The predicted molar refractivity (Wildman–Crippen MR) is 57.9 cm³/mol. The molecule has 0 saturated heterocycles. The summed E-state index contributed by atoms with van der Waals surface area (Å²) in [6, 6.07) is 10.6. The zero-order valence-electron chi connectivity index (χ0n) is 8.09. The molecule has 0 aliphatic carbocycles. The van der Waals surface area contributed by atoms with E-state index in [2.05, 4.69) is 51.1 Å². The van der Waals surface area contributed by atoms with Gasteiger partial charge in [0.1, 0.15) is 0 Å². The first-order chi connectivity index (χ1) is 6.20. The smallest absolute Gasteiger partial charge is 0.0120 e. The lowest BCUT2D eigenvalue weighted by atomic mass is 9.97. The lowest BCUT2D eigenvalue weighted by molar-refractivity contribution is 1.46. The van der Waals surface area contributed by atoms with Crippen LogP contribution in [0.25, 0.3) is 10.8 Å². The monoisotopic (exact) mass is 169 g/mol. The van der Waals surface area contributed by atoms with Gasteiger partial charge in [0.15, 0.2) is 0 Å². The van der Waals surface area contributed by atoms with Crippen LogP contribution in [0, 0.1) is 20.8 Å². The van der Waals surface area contributed by atoms with Gasteiger partial charge in [-0.05, 0) is 48.2 Å². The molecule has 2 aromatic rings. The number of hydrogen-bond donors (Lipinski definition) is 0. The van der Waals surface area contributed by atoms with Crippen LogP contribution < -0.4 is 0 Å². The fraction of sp³-hybridized carbons (Fsp3) is 0.154. The van der Waals surface area contributed by atoms with Crippen molar-refractivity contribution < 1.29 is 0 Å². The van der Waals surface area contributed by atoms with E-state index in [0.29, 0.717) is 0 Å². The van der Waals surface area contributed by atoms with Crippen LogP contribution in [-0.4, -0.2) is 0 Å². The standard InChI is InChI=1S/C13H13/c1-9-7-8-11(3)13-10(2)5-4-6-12(9)13/h4-8H,3H2,1-2H3. The van der Waals surface area contributed by atoms with Gasteiger partial charge in [0.2, 0.25) is 0 Å². The van der Waals surface area contributed by atoms with Crippen molar-refractivity contribution >= 4 is 10.8 Å². The van der Waals surface area contributed by atoms with E-state index in [-0.39, 0.29) is 0 Å². The average Bonchev–Trinajstić information content (AvgIpc) is 2.12. The van der Waals surface area contributed by atoms with Gasteiger partial charge in [-0.3, -0.25) is 0 Å². The second-order valence-electron chi connectivity index (χ2n) is 3.54. The van der Waals surface area contributed by atoms with Crippen molar-refractivity contribution in [2.75, 3.05) is 0 Å². The molecule has 0 amide bonds. The number of hydrogen-bond acceptors (Lipinski definition) is 0. The minimum Gasteiger partial charge on any atom is -0.0614 e. The van der Waals surface area contributed by atoms with Gasteiger partial charge in [-0.15, -0.1) is 0 Å². The lowest BCUT2D eigenvalue weighted by Gasteiger charge is -2.07. The van der Waals surface area contributed by atoms with Crippen molar-refractivity contribution in [2.24, 2.45) is 0 Å². The molecule has 0 spiro atoms. The van der Waals surface area contributed by atoms with E-state index in [1.165, 1.54) is 21.9 Å². The van der Waals surface area contributed by atoms with E-state index in [1.54, 1.807) is 0 Å². The van der Waals surface area contributed by atoms with Gasteiger partial charge in [-0.25, -0.2) is 0 Å². The molecule has 1 radical (unpaired) electrons. The van der Waals surface area contributed by atoms with Gasteiger partial charge in [0.05, 0.1) is 0 Å². The molecule has 2 aromatic carbocycles. The zero-order chi connectivity index (χ0) is 9.42. The topological polar surface area (TPSA) is 0 Å². The SMILES string of the molecule is [CH2]c1ccc(C)c2cccc(C)c12. The summed E-state index contributed by atoms with van der Waals surface area (Å²) in [5.74, 6) is 0. The van der Waals surface area contributed by atoms with Crippen molar-refractivity contribution in [3.63, 3.8) is 0 Å². The van der Waals surface area contributed by atoms with E-state index in [4.69, 9.17) is 0 Å². The molecule has 0 N–H and O–H groups in total. The Bertz CT molecular complexity index is 445. The molecule has 0 aliphatic heterocycles. The molecule has 0 bridgehead atoms. The Labute approximate surface area is 79.2 Å². The van der Waals surface area contributed by atoms with E-state index in [0.717, 1.165) is 5.56 Å². The van der Waals surface area contributed by atoms with Crippen LogP contribution >= 0.6 is 0 Å². The Kier molecular flexibility index (Phi) is 1.84. The molecule has 0 heterocycles. The highest BCUT2D eigenvalue weighted by Gasteiger charge is 2.01. The van der Waals surface area contributed by atoms with Gasteiger partial charge in [-0.1, -0.05) is 30.3 Å². The van der Waals surface area contributed by atoms with E-state index in [1.807, 2.05) is 0 Å². The Balaban J connectivity index is 3.00. The molecule has 0 nitrogen and oxygen atoms in total. The van der Waals surface area contributed by atoms with E-state index < -0.39 is 0 Å². The molecule has 13 heavy (non-hydrogen) atoms. The second kappa shape index (κ2) is 2.88. The fourth-order valence-corrected chi connectivity index (χ4v) is 1.82. The maximum atomic E-state index is 4.05. The van der Waals surface area contributed by atoms with Crippen molar-refractivity contribution in [1.82, 2.24) is 0 Å². The maximum Gasteiger partial charge on any atom is -0.0120 e. The molecule has 65 valence electrons. The lowest BCUT2D eigenvalue weighted by Crippen LogP contribution is -1.85. The highest BCUT2D eigenvalue weighted by molar-refractivity contribution is 5.91. The summed E-state index contributed by atoms with van der Waals surface area (Å²) >= 11 is 0. The van der Waals surface area contributed by atoms with Crippen molar-refractivity contribution in [3.05, 3.63) is 53.9 Å². The van der Waals surface area contributed by atoms with Crippen LogP contribution in [0.5, 0.6) is 0 Å². The van der Waals surface area contributed by atoms with Crippen LogP contribution in [-0.2, 0) is 0 Å². The summed E-state index contributed by atoms with van der Waals surface area (Å²) in [5, 5.41) is 2.63. The molecule has 0 aliphatic rings. The number of rotatable bonds is 0. The first-order valence-corrected chi connectivity index (χ1v) is 4.51. The van der Waals surface area contributed by atoms with Gasteiger partial charge >= 0.3 is 0 Å². The highest BCUT2D eigenvalue weighted by atomic mass is 14.1. The minimum atomic E-state index is 1.12. The predicted octanol–water partition coefficient (Wildman–Crippen LogP) is 3.64. The molecular weight excluding hydrogens is 156 g/mol. The largest absolute Gasteiger partial charge is 0.0614 e. The normalized spacial score (nSPS) is 10.7. The van der Waals surface area contributed by atoms with Crippen molar-refractivity contribution in [1.29, 1.82) is 0 Å². The van der Waals surface area contributed by atoms with Gasteiger partial charge in [0, 0.05) is 0 Å². The Morgan fingerprint density at radius 2 is 1.69 bits per heavy atom. The quantitative estimate of drug-likeness (QED) is 0.565. The molecule has 0 heteroatoms. The summed E-state index contributed by atoms with van der Waals surface area (Å²) in [7, 11) is 0. The minimum absolute atomic E-state index is 1.12. The van der Waals surface area contributed by atoms with Crippen molar-refractivity contribution in [3.8, 4) is 0 Å². The number of aryl methyl sites for hydroxylation is 2. The van der Waals surface area contributed by atoms with Crippen LogP contribution in [0.2, 0.25) is 0 Å². The van der Waals surface area contributed by atoms with Crippen LogP contribution in [0.3, 0.4) is 0 Å². The van der Waals surface area contributed by atoms with Crippen LogP contribution in [0.4, 0.5) is 0 Å². The first kappa shape index (κ1) is 8.31. The first-order valence-electron chi connectivity index (χ1n) is 4.51. The highest BCUT2D eigenvalue weighted by Crippen LogP contribution is 2.24. The van der Waals surface area contributed by atoms with Gasteiger partial charge in [0.25, 0.3) is 0 Å².